The van der Waals surface area contributed by atoms with Crippen LogP contribution in [0.3, 0.4) is 0 Å². The summed E-state index contributed by atoms with van der Waals surface area (Å²) in [7, 11) is 0. The van der Waals surface area contributed by atoms with Gasteiger partial charge in [-0.25, -0.2) is 15.0 Å². The van der Waals surface area contributed by atoms with Crippen molar-refractivity contribution in [3.05, 3.63) is 35.4 Å². The summed E-state index contributed by atoms with van der Waals surface area (Å²) in [6, 6.07) is 3.47. The Labute approximate surface area is 167 Å². The number of pyridine rings is 1. The summed E-state index contributed by atoms with van der Waals surface area (Å²) < 4.78 is 28.1. The maximum Gasteiger partial charge on any atom is 0.303 e. The standard InChI is InChI=1S/C20H23F2N5O2/c1-12(29)24-16-9-15-14(10-23-16)20(5-6-20)11-27(15)17-8-13(4-3-7-28)25-18(26-17)19(2,21)22/h8-10,28H,3-7,11H2,1-2H3,(H,23,24,29). The molecule has 9 heteroatoms. The highest BCUT2D eigenvalue weighted by Gasteiger charge is 2.52. The number of halogens is 2. The molecule has 1 fully saturated rings. The molecule has 0 aromatic carbocycles. The van der Waals surface area contributed by atoms with Crippen LogP contribution in [0.4, 0.5) is 26.1 Å². The molecule has 1 amide bonds. The van der Waals surface area contributed by atoms with E-state index >= 15 is 0 Å². The number of hydrogen-bond acceptors (Lipinski definition) is 6. The molecular formula is C20H23F2N5O2. The van der Waals surface area contributed by atoms with Crippen molar-refractivity contribution in [2.24, 2.45) is 0 Å². The number of nitrogens with zero attached hydrogens (tertiary/aromatic N) is 4. The molecular weight excluding hydrogens is 380 g/mol. The van der Waals surface area contributed by atoms with E-state index < -0.39 is 11.7 Å². The highest BCUT2D eigenvalue weighted by Crippen LogP contribution is 2.58. The number of hydrogen-bond donors (Lipinski definition) is 2. The molecule has 4 rings (SSSR count). The predicted octanol–water partition coefficient (Wildman–Crippen LogP) is 3.05. The fourth-order valence-corrected chi connectivity index (χ4v) is 3.79. The van der Waals surface area contributed by atoms with Crippen LogP contribution < -0.4 is 10.2 Å². The molecule has 0 unspecified atom stereocenters. The van der Waals surface area contributed by atoms with Gasteiger partial charge in [0, 0.05) is 62.0 Å². The van der Waals surface area contributed by atoms with Gasteiger partial charge in [-0.1, -0.05) is 0 Å². The van der Waals surface area contributed by atoms with Crippen LogP contribution in [0.25, 0.3) is 0 Å². The van der Waals surface area contributed by atoms with E-state index in [4.69, 9.17) is 5.11 Å². The van der Waals surface area contributed by atoms with E-state index in [9.17, 15) is 13.6 Å². The summed E-state index contributed by atoms with van der Waals surface area (Å²) in [5.41, 5.74) is 2.29. The van der Waals surface area contributed by atoms with Crippen LogP contribution in [0, 0.1) is 0 Å². The predicted molar refractivity (Wildman–Crippen MR) is 103 cm³/mol. The normalized spacial score (nSPS) is 16.8. The summed E-state index contributed by atoms with van der Waals surface area (Å²) in [5, 5.41) is 11.8. The minimum atomic E-state index is -3.18. The highest BCUT2D eigenvalue weighted by atomic mass is 19.3. The van der Waals surface area contributed by atoms with E-state index in [-0.39, 0.29) is 17.9 Å². The van der Waals surface area contributed by atoms with E-state index in [0.29, 0.717) is 36.7 Å². The second-order valence-electron chi connectivity index (χ2n) is 7.89. The smallest absolute Gasteiger partial charge is 0.303 e. The first-order valence-electron chi connectivity index (χ1n) is 9.65. The first kappa shape index (κ1) is 19.6. The largest absolute Gasteiger partial charge is 0.396 e. The van der Waals surface area contributed by atoms with Crippen LogP contribution in [0.15, 0.2) is 18.3 Å². The van der Waals surface area contributed by atoms with Crippen molar-refractivity contribution >= 4 is 23.2 Å². The summed E-state index contributed by atoms with van der Waals surface area (Å²) >= 11 is 0. The van der Waals surface area contributed by atoms with Gasteiger partial charge in [-0.15, -0.1) is 0 Å². The number of aryl methyl sites for hydroxylation is 1. The topological polar surface area (TPSA) is 91.2 Å². The van der Waals surface area contributed by atoms with Crippen molar-refractivity contribution in [2.75, 3.05) is 23.4 Å². The zero-order valence-corrected chi connectivity index (χ0v) is 16.4. The average Bonchev–Trinajstić information content (AvgIpc) is 3.36. The SMILES string of the molecule is CC(=O)Nc1cc2c(cn1)C1(CC1)CN2c1cc(CCCO)nc(C(C)(F)F)n1. The van der Waals surface area contributed by atoms with Gasteiger partial charge in [0.1, 0.15) is 11.6 Å². The summed E-state index contributed by atoms with van der Waals surface area (Å²) in [5.74, 6) is -3.13. The maximum atomic E-state index is 14.0. The van der Waals surface area contributed by atoms with Crippen molar-refractivity contribution in [1.82, 2.24) is 15.0 Å². The van der Waals surface area contributed by atoms with Crippen LogP contribution in [0.2, 0.25) is 0 Å². The molecule has 1 aliphatic carbocycles. The Bertz CT molecular complexity index is 956. The second kappa shape index (κ2) is 6.98. The number of aromatic nitrogens is 3. The van der Waals surface area contributed by atoms with E-state index in [1.54, 1.807) is 18.3 Å². The molecule has 1 aliphatic heterocycles. The van der Waals surface area contributed by atoms with Gasteiger partial charge in [0.15, 0.2) is 0 Å². The molecule has 154 valence electrons. The zero-order chi connectivity index (χ0) is 20.8. The molecule has 29 heavy (non-hydrogen) atoms. The molecule has 0 radical (unpaired) electrons. The molecule has 7 nitrogen and oxygen atoms in total. The van der Waals surface area contributed by atoms with Gasteiger partial charge in [-0.05, 0) is 25.7 Å². The number of alkyl halides is 2. The fraction of sp³-hybridized carbons (Fsp3) is 0.500. The molecule has 2 aromatic rings. The quantitative estimate of drug-likeness (QED) is 0.770. The third-order valence-electron chi connectivity index (χ3n) is 5.39. The van der Waals surface area contributed by atoms with Crippen molar-refractivity contribution in [2.45, 2.75) is 50.9 Å². The van der Waals surface area contributed by atoms with Crippen LogP contribution in [-0.2, 0) is 22.6 Å². The van der Waals surface area contributed by atoms with Gasteiger partial charge >= 0.3 is 5.92 Å². The molecule has 0 atom stereocenters. The molecule has 1 saturated carbocycles. The van der Waals surface area contributed by atoms with E-state index in [1.807, 2.05) is 4.90 Å². The van der Waals surface area contributed by atoms with Crippen molar-refractivity contribution in [3.63, 3.8) is 0 Å². The maximum absolute atomic E-state index is 14.0. The number of nitrogens with one attached hydrogen (secondary N) is 1. The molecule has 1 spiro atoms. The zero-order valence-electron chi connectivity index (χ0n) is 16.4. The van der Waals surface area contributed by atoms with Crippen molar-refractivity contribution < 1.29 is 18.7 Å². The van der Waals surface area contributed by atoms with Gasteiger partial charge in [-0.2, -0.15) is 8.78 Å². The number of fused-ring (bicyclic) bond motifs is 2. The number of amides is 1. The van der Waals surface area contributed by atoms with Crippen LogP contribution in [-0.4, -0.2) is 39.1 Å². The first-order chi connectivity index (χ1) is 13.7. The molecule has 0 bridgehead atoms. The minimum Gasteiger partial charge on any atom is -0.396 e. The third kappa shape index (κ3) is 3.78. The van der Waals surface area contributed by atoms with E-state index in [0.717, 1.165) is 31.0 Å². The second-order valence-corrected chi connectivity index (χ2v) is 7.89. The van der Waals surface area contributed by atoms with Gasteiger partial charge in [0.2, 0.25) is 11.7 Å². The van der Waals surface area contributed by atoms with Crippen LogP contribution in [0.5, 0.6) is 0 Å². The van der Waals surface area contributed by atoms with Crippen LogP contribution in [0.1, 0.15) is 50.2 Å². The summed E-state index contributed by atoms with van der Waals surface area (Å²) in [4.78, 5) is 25.8. The third-order valence-corrected chi connectivity index (χ3v) is 5.39. The molecule has 2 aromatic heterocycles. The Kier molecular flexibility index (Phi) is 4.72. The van der Waals surface area contributed by atoms with E-state index in [1.165, 1.54) is 6.92 Å². The lowest BCUT2D eigenvalue weighted by Crippen LogP contribution is -2.23. The number of aliphatic hydroxyl groups is 1. The van der Waals surface area contributed by atoms with Gasteiger partial charge in [0.25, 0.3) is 0 Å². The van der Waals surface area contributed by atoms with Crippen molar-refractivity contribution in [1.29, 1.82) is 0 Å². The summed E-state index contributed by atoms with van der Waals surface area (Å²) in [6.07, 6.45) is 4.57. The lowest BCUT2D eigenvalue weighted by Gasteiger charge is -2.22. The number of carbonyl (C=O) groups excluding carboxylic acids is 1. The Morgan fingerprint density at radius 3 is 2.72 bits per heavy atom. The van der Waals surface area contributed by atoms with Gasteiger partial charge < -0.3 is 15.3 Å². The first-order valence-corrected chi connectivity index (χ1v) is 9.65. The highest BCUT2D eigenvalue weighted by molar-refractivity contribution is 5.89. The average molecular weight is 403 g/mol. The summed E-state index contributed by atoms with van der Waals surface area (Å²) in [6.45, 7) is 2.76. The number of aliphatic hydroxyl groups excluding tert-OH is 1. The molecule has 0 saturated heterocycles. The van der Waals surface area contributed by atoms with Crippen molar-refractivity contribution in [3.8, 4) is 0 Å². The Morgan fingerprint density at radius 2 is 2.10 bits per heavy atom. The lowest BCUT2D eigenvalue weighted by molar-refractivity contribution is -0.114. The van der Waals surface area contributed by atoms with Gasteiger partial charge in [0.05, 0.1) is 5.69 Å². The van der Waals surface area contributed by atoms with Crippen LogP contribution >= 0.6 is 0 Å². The number of carbonyl (C=O) groups is 1. The molecule has 2 N–H and O–H groups in total. The Morgan fingerprint density at radius 1 is 1.34 bits per heavy atom. The van der Waals surface area contributed by atoms with Gasteiger partial charge in [-0.3, -0.25) is 4.79 Å². The molecule has 2 aliphatic rings. The van der Waals surface area contributed by atoms with E-state index in [2.05, 4.69) is 20.3 Å². The monoisotopic (exact) mass is 403 g/mol. The minimum absolute atomic E-state index is 0.0395. The lowest BCUT2D eigenvalue weighted by atomic mass is 10.0. The molecule has 3 heterocycles. The Hall–Kier alpha value is -2.68. The Balaban J connectivity index is 1.78. The number of rotatable bonds is 6. The number of anilines is 3. The fourth-order valence-electron chi connectivity index (χ4n) is 3.79.